The second-order valence-electron chi connectivity index (χ2n) is 5.25. The van der Waals surface area contributed by atoms with E-state index in [-0.39, 0.29) is 22.9 Å². The summed E-state index contributed by atoms with van der Waals surface area (Å²) in [6.45, 7) is 0.396. The standard InChI is InChI=1S/C17H15Cl3N2O3S2/c18-12-3-2-11(9-13(12)19)27-26-6-5-21-17(24)15(22-25)8-10-1-4-16(23)14(20)7-10/h1-4,7,9,23,25H,5-6,8H2,(H,21,24)/b22-15+. The predicted molar refractivity (Wildman–Crippen MR) is 114 cm³/mol. The Morgan fingerprint density at radius 1 is 1.07 bits per heavy atom. The number of hydrogen-bond acceptors (Lipinski definition) is 6. The van der Waals surface area contributed by atoms with Gasteiger partial charge in [0.15, 0.2) is 0 Å². The van der Waals surface area contributed by atoms with E-state index in [0.29, 0.717) is 27.9 Å². The molecule has 2 rings (SSSR count). The third kappa shape index (κ3) is 7.01. The van der Waals surface area contributed by atoms with Crippen LogP contribution in [0.5, 0.6) is 5.75 Å². The summed E-state index contributed by atoms with van der Waals surface area (Å²) in [6, 6.07) is 9.90. The van der Waals surface area contributed by atoms with Gasteiger partial charge < -0.3 is 15.6 Å². The number of benzene rings is 2. The van der Waals surface area contributed by atoms with Crippen molar-refractivity contribution in [2.45, 2.75) is 11.3 Å². The van der Waals surface area contributed by atoms with Gasteiger partial charge in [0.25, 0.3) is 5.91 Å². The van der Waals surface area contributed by atoms with Gasteiger partial charge in [-0.15, -0.1) is 0 Å². The van der Waals surface area contributed by atoms with Crippen LogP contribution in [0.2, 0.25) is 15.1 Å². The molecule has 5 nitrogen and oxygen atoms in total. The van der Waals surface area contributed by atoms with Crippen molar-refractivity contribution in [1.29, 1.82) is 0 Å². The lowest BCUT2D eigenvalue weighted by atomic mass is 10.1. The fraction of sp³-hybridized carbons (Fsp3) is 0.176. The highest BCUT2D eigenvalue weighted by atomic mass is 35.5. The van der Waals surface area contributed by atoms with Crippen LogP contribution >= 0.6 is 56.4 Å². The van der Waals surface area contributed by atoms with Crippen molar-refractivity contribution < 1.29 is 15.1 Å². The Labute approximate surface area is 179 Å². The molecule has 1 amide bonds. The van der Waals surface area contributed by atoms with E-state index in [1.54, 1.807) is 29.0 Å². The molecule has 144 valence electrons. The Bertz CT molecular complexity index is 850. The minimum atomic E-state index is -0.471. The monoisotopic (exact) mass is 464 g/mol. The molecule has 2 aromatic carbocycles. The van der Waals surface area contributed by atoms with Gasteiger partial charge >= 0.3 is 0 Å². The Morgan fingerprint density at radius 3 is 2.52 bits per heavy atom. The number of carbonyl (C=O) groups excluding carboxylic acids is 1. The van der Waals surface area contributed by atoms with E-state index in [1.165, 1.54) is 22.9 Å². The fourth-order valence-electron chi connectivity index (χ4n) is 1.96. The largest absolute Gasteiger partial charge is 0.506 e. The first-order valence-corrected chi connectivity index (χ1v) is 11.1. The maximum Gasteiger partial charge on any atom is 0.269 e. The van der Waals surface area contributed by atoms with Crippen LogP contribution < -0.4 is 5.32 Å². The molecule has 3 N–H and O–H groups in total. The Kier molecular flexibility index (Phi) is 8.92. The molecular formula is C17H15Cl3N2O3S2. The number of nitrogens with zero attached hydrogens (tertiary/aromatic N) is 1. The summed E-state index contributed by atoms with van der Waals surface area (Å²) < 4.78 is 0. The quantitative estimate of drug-likeness (QED) is 0.162. The second-order valence-corrected chi connectivity index (χ2v) is 8.96. The van der Waals surface area contributed by atoms with Gasteiger partial charge in [-0.1, -0.05) is 67.6 Å². The predicted octanol–water partition coefficient (Wildman–Crippen LogP) is 5.28. The first-order chi connectivity index (χ1) is 12.9. The summed E-state index contributed by atoms with van der Waals surface area (Å²) >= 11 is 17.7. The molecule has 0 spiro atoms. The van der Waals surface area contributed by atoms with Crippen LogP contribution in [0.4, 0.5) is 0 Å². The molecule has 0 aliphatic carbocycles. The van der Waals surface area contributed by atoms with Crippen molar-refractivity contribution in [3.05, 3.63) is 57.0 Å². The molecule has 0 atom stereocenters. The minimum Gasteiger partial charge on any atom is -0.506 e. The van der Waals surface area contributed by atoms with Gasteiger partial charge in [-0.2, -0.15) is 0 Å². The van der Waals surface area contributed by atoms with Gasteiger partial charge in [0, 0.05) is 23.6 Å². The van der Waals surface area contributed by atoms with Gasteiger partial charge in [0.1, 0.15) is 11.5 Å². The van der Waals surface area contributed by atoms with Crippen LogP contribution in [0.1, 0.15) is 5.56 Å². The van der Waals surface area contributed by atoms with Crippen molar-refractivity contribution in [1.82, 2.24) is 5.32 Å². The van der Waals surface area contributed by atoms with E-state index in [4.69, 9.17) is 40.0 Å². The number of oxime groups is 1. The summed E-state index contributed by atoms with van der Waals surface area (Å²) in [4.78, 5) is 13.1. The minimum absolute atomic E-state index is 0.0427. The number of halogens is 3. The third-order valence-electron chi connectivity index (χ3n) is 3.28. The molecule has 0 radical (unpaired) electrons. The van der Waals surface area contributed by atoms with Crippen molar-refractivity contribution in [2.75, 3.05) is 12.3 Å². The number of hydrogen-bond donors (Lipinski definition) is 3. The number of carbonyl (C=O) groups is 1. The average molecular weight is 466 g/mol. The second kappa shape index (κ2) is 10.9. The van der Waals surface area contributed by atoms with Crippen molar-refractivity contribution in [3.8, 4) is 5.75 Å². The number of phenols is 1. The number of amides is 1. The maximum atomic E-state index is 12.1. The van der Waals surface area contributed by atoms with Crippen LogP contribution in [0.25, 0.3) is 0 Å². The zero-order valence-corrected chi connectivity index (χ0v) is 17.7. The zero-order valence-electron chi connectivity index (χ0n) is 13.8. The molecule has 10 heteroatoms. The van der Waals surface area contributed by atoms with Crippen LogP contribution in [0, 0.1) is 0 Å². The average Bonchev–Trinajstić information content (AvgIpc) is 2.65. The summed E-state index contributed by atoms with van der Waals surface area (Å²) in [5, 5.41) is 25.4. The maximum absolute atomic E-state index is 12.1. The van der Waals surface area contributed by atoms with E-state index in [1.807, 2.05) is 6.07 Å². The normalized spacial score (nSPS) is 11.4. The van der Waals surface area contributed by atoms with E-state index in [9.17, 15) is 9.90 Å². The number of aromatic hydroxyl groups is 1. The molecule has 0 saturated heterocycles. The molecular weight excluding hydrogens is 451 g/mol. The van der Waals surface area contributed by atoms with Crippen molar-refractivity contribution in [3.63, 3.8) is 0 Å². The topological polar surface area (TPSA) is 81.9 Å². The lowest BCUT2D eigenvalue weighted by Gasteiger charge is -2.08. The van der Waals surface area contributed by atoms with Gasteiger partial charge in [0.2, 0.25) is 0 Å². The van der Waals surface area contributed by atoms with E-state index in [0.717, 1.165) is 4.90 Å². The molecule has 0 aliphatic heterocycles. The van der Waals surface area contributed by atoms with Crippen molar-refractivity contribution >= 4 is 68.0 Å². The Hall–Kier alpha value is -1.25. The summed E-state index contributed by atoms with van der Waals surface area (Å²) in [7, 11) is 3.06. The third-order valence-corrected chi connectivity index (χ3v) is 6.69. The Balaban J connectivity index is 1.76. The first-order valence-electron chi connectivity index (χ1n) is 7.61. The van der Waals surface area contributed by atoms with Gasteiger partial charge in [-0.3, -0.25) is 4.79 Å². The first kappa shape index (κ1) is 22.0. The number of rotatable bonds is 8. The van der Waals surface area contributed by atoms with Crippen LogP contribution in [0.15, 0.2) is 46.4 Å². The molecule has 0 heterocycles. The van der Waals surface area contributed by atoms with E-state index < -0.39 is 5.91 Å². The molecule has 2 aromatic rings. The molecule has 0 fully saturated rings. The van der Waals surface area contributed by atoms with Crippen LogP contribution in [-0.2, 0) is 11.2 Å². The smallest absolute Gasteiger partial charge is 0.269 e. The zero-order chi connectivity index (χ0) is 19.8. The Morgan fingerprint density at radius 2 is 1.85 bits per heavy atom. The highest BCUT2D eigenvalue weighted by Crippen LogP contribution is 2.34. The highest BCUT2D eigenvalue weighted by Gasteiger charge is 2.13. The summed E-state index contributed by atoms with van der Waals surface area (Å²) in [6.07, 6.45) is 0.0908. The summed E-state index contributed by atoms with van der Waals surface area (Å²) in [5.74, 6) is 0.117. The van der Waals surface area contributed by atoms with Crippen molar-refractivity contribution in [2.24, 2.45) is 5.16 Å². The SMILES string of the molecule is O=C(NCCSSc1ccc(Cl)c(Cl)c1)/C(Cc1ccc(O)c(Cl)c1)=N/O. The van der Waals surface area contributed by atoms with E-state index >= 15 is 0 Å². The lowest BCUT2D eigenvalue weighted by molar-refractivity contribution is -0.114. The molecule has 0 aliphatic rings. The fourth-order valence-corrected chi connectivity index (χ4v) is 4.44. The molecule has 0 bridgehead atoms. The molecule has 0 aromatic heterocycles. The molecule has 27 heavy (non-hydrogen) atoms. The van der Waals surface area contributed by atoms with Gasteiger partial charge in [0.05, 0.1) is 15.1 Å². The van der Waals surface area contributed by atoms with Crippen LogP contribution in [0.3, 0.4) is 0 Å². The number of phenolic OH excluding ortho intramolecular Hbond substituents is 1. The van der Waals surface area contributed by atoms with E-state index in [2.05, 4.69) is 10.5 Å². The van der Waals surface area contributed by atoms with Gasteiger partial charge in [-0.25, -0.2) is 0 Å². The molecule has 0 saturated carbocycles. The molecule has 0 unspecified atom stereocenters. The summed E-state index contributed by atoms with van der Waals surface area (Å²) in [5.41, 5.74) is 0.601. The van der Waals surface area contributed by atoms with Crippen LogP contribution in [-0.4, -0.2) is 34.2 Å². The lowest BCUT2D eigenvalue weighted by Crippen LogP contribution is -2.33. The number of nitrogens with one attached hydrogen (secondary N) is 1. The highest BCUT2D eigenvalue weighted by molar-refractivity contribution is 8.76. The van der Waals surface area contributed by atoms with Gasteiger partial charge in [-0.05, 0) is 35.9 Å².